The number of epoxide rings is 1. The molecule has 4 aliphatic rings. The summed E-state index contributed by atoms with van der Waals surface area (Å²) >= 11 is 0. The van der Waals surface area contributed by atoms with Gasteiger partial charge in [-0.2, -0.15) is 0 Å². The molecule has 25 nitrogen and oxygen atoms in total. The van der Waals surface area contributed by atoms with Crippen molar-refractivity contribution in [3.63, 3.8) is 0 Å². The van der Waals surface area contributed by atoms with Gasteiger partial charge in [-0.25, -0.2) is 14.4 Å². The summed E-state index contributed by atoms with van der Waals surface area (Å²) in [6, 6.07) is 4.57. The first-order valence-electron chi connectivity index (χ1n) is 29.2. The first-order valence-corrected chi connectivity index (χ1v) is 29.2. The second kappa shape index (κ2) is 33.4. The summed E-state index contributed by atoms with van der Waals surface area (Å²) in [7, 11) is 0. The highest BCUT2D eigenvalue weighted by molar-refractivity contribution is 6.01. The fourth-order valence-electron chi connectivity index (χ4n) is 10.2. The molecule has 468 valence electrons. The molecule has 4 aliphatic heterocycles. The number of imide groups is 1. The molecule has 1 aromatic rings. The van der Waals surface area contributed by atoms with Gasteiger partial charge in [-0.1, -0.05) is 63.1 Å². The number of ketones is 2. The fourth-order valence-corrected chi connectivity index (χ4v) is 10.2. The third kappa shape index (κ3) is 23.2. The average molecular weight is 1190 g/mol. The van der Waals surface area contributed by atoms with Crippen molar-refractivity contribution in [2.24, 2.45) is 23.5 Å². The van der Waals surface area contributed by atoms with Gasteiger partial charge in [0.05, 0.1) is 43.5 Å². The maximum atomic E-state index is 13.7. The summed E-state index contributed by atoms with van der Waals surface area (Å²) in [6.45, 7) is 12.4. The van der Waals surface area contributed by atoms with Crippen molar-refractivity contribution in [3.8, 4) is 0 Å². The maximum Gasteiger partial charge on any atom is 0.407 e. The molecule has 5 rings (SSSR count). The molecular weight excluding hydrogens is 1110 g/mol. The van der Waals surface area contributed by atoms with Crippen LogP contribution in [0.2, 0.25) is 0 Å². The zero-order chi connectivity index (χ0) is 62.4. The van der Waals surface area contributed by atoms with E-state index in [0.717, 1.165) is 5.57 Å². The Morgan fingerprint density at radius 2 is 1.60 bits per heavy atom. The molecule has 25 heteroatoms. The number of esters is 1. The first kappa shape index (κ1) is 68.4. The lowest BCUT2D eigenvalue weighted by molar-refractivity contribution is -0.197. The number of benzene rings is 1. The van der Waals surface area contributed by atoms with Crippen molar-refractivity contribution in [1.29, 1.82) is 0 Å². The Labute approximate surface area is 495 Å². The summed E-state index contributed by atoms with van der Waals surface area (Å²) < 4.78 is 28.6. The summed E-state index contributed by atoms with van der Waals surface area (Å²) in [5, 5.41) is 25.2. The van der Waals surface area contributed by atoms with Crippen LogP contribution in [0.3, 0.4) is 0 Å². The monoisotopic (exact) mass is 1190 g/mol. The number of urea groups is 1. The first-order chi connectivity index (χ1) is 40.3. The number of amides is 8. The van der Waals surface area contributed by atoms with Crippen LogP contribution in [0.4, 0.5) is 15.3 Å². The van der Waals surface area contributed by atoms with Gasteiger partial charge in [0.2, 0.25) is 17.7 Å². The molecule has 0 saturated carbocycles. The lowest BCUT2D eigenvalue weighted by atomic mass is 9.87. The standard InChI is InChI=1S/C60H85N7O18/c1-35(2)55(66-50(71)13-9-8-10-14-54(75)85-67-52(73)25-26-53(67)74)47(70)29-42(12-11-27-62-58(61)78)57(77)64-43-20-18-41(19-21-43)33-80-59(79)63-32-44(69)30-45-31-60(34-81-60)56(76)49(84-45)23-16-36(3)15-22-48-37(4)28-46(39(6)83-48)65-51(72)24-17-38(5)82-40(7)68/h15-21,23-24,35,37-39,42,45-46,48-49,55-56,76H,8-14,22,25-34H2,1-7H3,(H,63,79)(H,64,77)(H,65,72)(H,66,71)(H3,61,62,78)/b23-16+,24-17-,36-15+/t37-,38-,39+,42+,45+,46+,48-,49+,55-,56+,60+/m0/s1. The molecule has 0 aliphatic carbocycles. The number of unbranched alkanes of at least 4 members (excludes halogenated alkanes) is 2. The van der Waals surface area contributed by atoms with Gasteiger partial charge in [-0.05, 0) is 94.9 Å². The largest absolute Gasteiger partial charge is 0.459 e. The SMILES string of the molecule is CC(=O)O[C@@H](C)/C=C\C(=O)N[C@@H]1C[C@H](C)[C@H](C/C=C(C)/C=C/[C@H]2O[C@H](CC(=O)CNC(=O)OCc3ccc(NC(=O)[C@H](CCCNC(N)=O)CC(=O)[C@@H](NC(=O)CCCCCC(=O)ON4C(=O)CCC4=O)C(C)C)cc3)C[C@@]3(CO3)[C@@H]2O)O[C@@H]1C. The van der Waals surface area contributed by atoms with Crippen LogP contribution in [0, 0.1) is 17.8 Å². The Hall–Kier alpha value is -7.35. The number of allylic oxidation sites excluding steroid dienone is 2. The van der Waals surface area contributed by atoms with E-state index in [2.05, 4.69) is 33.5 Å². The minimum Gasteiger partial charge on any atom is -0.459 e. The van der Waals surface area contributed by atoms with Gasteiger partial charge in [0, 0.05) is 76.1 Å². The van der Waals surface area contributed by atoms with E-state index in [-0.39, 0.29) is 119 Å². The molecule has 4 saturated heterocycles. The van der Waals surface area contributed by atoms with Gasteiger partial charge in [0.25, 0.3) is 11.8 Å². The summed E-state index contributed by atoms with van der Waals surface area (Å²) in [4.78, 5) is 142. The molecule has 4 heterocycles. The average Bonchev–Trinajstić information content (AvgIpc) is 2.26. The van der Waals surface area contributed by atoms with Crippen molar-refractivity contribution < 1.29 is 86.4 Å². The van der Waals surface area contributed by atoms with Crippen LogP contribution in [0.15, 0.2) is 60.2 Å². The highest BCUT2D eigenvalue weighted by atomic mass is 16.7. The number of carbonyl (C=O) groups is 11. The number of nitrogens with one attached hydrogen (secondary N) is 5. The van der Waals surface area contributed by atoms with E-state index in [1.54, 1.807) is 51.1 Å². The van der Waals surface area contributed by atoms with Gasteiger partial charge in [0.1, 0.15) is 30.5 Å². The number of alkyl carbamates (subject to hydrolysis) is 1. The van der Waals surface area contributed by atoms with Gasteiger partial charge in [-0.15, -0.1) is 5.06 Å². The van der Waals surface area contributed by atoms with Crippen molar-refractivity contribution in [2.75, 3.05) is 25.0 Å². The minimum atomic E-state index is -0.964. The number of aliphatic hydroxyl groups is 1. The second-order valence-corrected chi connectivity index (χ2v) is 22.7. The molecule has 0 unspecified atom stereocenters. The van der Waals surface area contributed by atoms with Crippen molar-refractivity contribution in [3.05, 3.63) is 65.8 Å². The van der Waals surface area contributed by atoms with Crippen LogP contribution in [-0.4, -0.2) is 149 Å². The Balaban J connectivity index is 1.03. The highest BCUT2D eigenvalue weighted by Crippen LogP contribution is 2.43. The predicted molar refractivity (Wildman–Crippen MR) is 306 cm³/mol. The van der Waals surface area contributed by atoms with E-state index in [0.29, 0.717) is 61.4 Å². The van der Waals surface area contributed by atoms with E-state index >= 15 is 0 Å². The highest BCUT2D eigenvalue weighted by Gasteiger charge is 2.58. The maximum absolute atomic E-state index is 13.7. The summed E-state index contributed by atoms with van der Waals surface area (Å²) in [5.41, 5.74) is 6.22. The number of anilines is 1. The number of aliphatic hydroxyl groups excluding tert-OH is 1. The molecular formula is C60H85N7O18. The van der Waals surface area contributed by atoms with Crippen molar-refractivity contribution >= 4 is 70.9 Å². The number of nitrogens with zero attached hydrogens (tertiary/aromatic N) is 1. The predicted octanol–water partition coefficient (Wildman–Crippen LogP) is 4.52. The Morgan fingerprint density at radius 3 is 2.26 bits per heavy atom. The Morgan fingerprint density at radius 1 is 0.906 bits per heavy atom. The molecule has 1 spiro atoms. The summed E-state index contributed by atoms with van der Waals surface area (Å²) in [5.74, 6) is -5.25. The number of hydrogen-bond acceptors (Lipinski definition) is 18. The normalized spacial score (nSPS) is 24.1. The van der Waals surface area contributed by atoms with E-state index in [4.69, 9.17) is 34.3 Å². The second-order valence-electron chi connectivity index (χ2n) is 22.7. The van der Waals surface area contributed by atoms with Crippen LogP contribution in [0.5, 0.6) is 0 Å². The van der Waals surface area contributed by atoms with Crippen LogP contribution in [0.25, 0.3) is 0 Å². The van der Waals surface area contributed by atoms with Crippen LogP contribution in [-0.2, 0) is 78.3 Å². The lowest BCUT2D eigenvalue weighted by Crippen LogP contribution is -2.50. The van der Waals surface area contributed by atoms with Gasteiger partial charge >= 0.3 is 24.1 Å². The third-order valence-electron chi connectivity index (χ3n) is 15.1. The zero-order valence-electron chi connectivity index (χ0n) is 49.7. The topological polar surface area (TPSA) is 356 Å². The smallest absolute Gasteiger partial charge is 0.407 e. The number of carbonyl (C=O) groups excluding carboxylic acids is 11. The van der Waals surface area contributed by atoms with E-state index in [1.165, 1.54) is 19.1 Å². The number of hydrogen-bond donors (Lipinski definition) is 7. The molecule has 85 heavy (non-hydrogen) atoms. The molecule has 1 aromatic carbocycles. The van der Waals surface area contributed by atoms with Gasteiger partial charge < -0.3 is 65.9 Å². The number of nitrogens with two attached hydrogens (primary N) is 1. The quantitative estimate of drug-likeness (QED) is 0.0130. The number of ether oxygens (including phenoxy) is 5. The molecule has 0 bridgehead atoms. The van der Waals surface area contributed by atoms with E-state index in [1.807, 2.05) is 26.0 Å². The number of hydroxylamine groups is 2. The molecule has 8 N–H and O–H groups in total. The Kier molecular flexibility index (Phi) is 26.9. The number of primary amides is 1. The number of rotatable bonds is 32. The zero-order valence-corrected chi connectivity index (χ0v) is 49.7. The molecule has 0 radical (unpaired) electrons. The molecule has 8 amide bonds. The number of Topliss-reactive ketones (excluding diaryl/α,β-unsaturated/α-hetero) is 2. The van der Waals surface area contributed by atoms with E-state index in [9.17, 15) is 57.8 Å². The van der Waals surface area contributed by atoms with Crippen molar-refractivity contribution in [2.45, 2.75) is 199 Å². The molecule has 4 fully saturated rings. The molecule has 11 atom stereocenters. The summed E-state index contributed by atoms with van der Waals surface area (Å²) in [6.07, 6.45) is 7.45. The lowest BCUT2D eigenvalue weighted by Gasteiger charge is -2.39. The van der Waals surface area contributed by atoms with Crippen molar-refractivity contribution in [1.82, 2.24) is 26.3 Å². The van der Waals surface area contributed by atoms with Crippen LogP contribution < -0.4 is 32.3 Å². The van der Waals surface area contributed by atoms with Crippen LogP contribution >= 0.6 is 0 Å². The third-order valence-corrected chi connectivity index (χ3v) is 15.1. The minimum absolute atomic E-state index is 0.0125. The van der Waals surface area contributed by atoms with Gasteiger partial charge in [-0.3, -0.25) is 38.4 Å². The fraction of sp³-hybridized carbons (Fsp3) is 0.617. The van der Waals surface area contributed by atoms with Crippen LogP contribution in [0.1, 0.15) is 144 Å². The molecule has 0 aromatic heterocycles. The van der Waals surface area contributed by atoms with E-state index < -0.39 is 89.7 Å². The van der Waals surface area contributed by atoms with Gasteiger partial charge in [0.15, 0.2) is 11.6 Å². The Bertz CT molecular complexity index is 2620.